The second-order valence-corrected chi connectivity index (χ2v) is 6.98. The van der Waals surface area contributed by atoms with E-state index < -0.39 is 10.0 Å². The van der Waals surface area contributed by atoms with Gasteiger partial charge in [-0.1, -0.05) is 30.3 Å². The van der Waals surface area contributed by atoms with E-state index in [-0.39, 0.29) is 10.9 Å². The summed E-state index contributed by atoms with van der Waals surface area (Å²) in [6, 6.07) is 13.8. The molecule has 20 heavy (non-hydrogen) atoms. The maximum Gasteiger partial charge on any atom is 0.242 e. The maximum atomic E-state index is 12.4. The first-order valence-corrected chi connectivity index (χ1v) is 8.30. The molecule has 0 aliphatic carbocycles. The topological polar surface area (TPSA) is 72.2 Å². The number of anilines is 1. The molecule has 1 atom stereocenters. The van der Waals surface area contributed by atoms with E-state index in [1.807, 2.05) is 30.3 Å². The van der Waals surface area contributed by atoms with Gasteiger partial charge in [-0.2, -0.15) is 0 Å². The second-order valence-electron chi connectivity index (χ2n) is 4.44. The molecular weight excluding hydrogens is 340 g/mol. The molecule has 3 N–H and O–H groups in total. The van der Waals surface area contributed by atoms with E-state index in [1.54, 1.807) is 19.1 Å². The molecule has 2 rings (SSSR count). The minimum atomic E-state index is -3.64. The van der Waals surface area contributed by atoms with E-state index in [0.717, 1.165) is 5.56 Å². The van der Waals surface area contributed by atoms with E-state index in [9.17, 15) is 8.42 Å². The number of nitrogens with two attached hydrogens (primary N) is 1. The Morgan fingerprint density at radius 2 is 1.80 bits per heavy atom. The van der Waals surface area contributed by atoms with E-state index in [0.29, 0.717) is 10.2 Å². The molecule has 0 bridgehead atoms. The first-order valence-electron chi connectivity index (χ1n) is 6.02. The third kappa shape index (κ3) is 3.39. The highest BCUT2D eigenvalue weighted by atomic mass is 79.9. The van der Waals surface area contributed by atoms with Gasteiger partial charge < -0.3 is 5.73 Å². The van der Waals surface area contributed by atoms with Crippen LogP contribution in [0.5, 0.6) is 0 Å². The first kappa shape index (κ1) is 15.0. The van der Waals surface area contributed by atoms with Gasteiger partial charge in [0.1, 0.15) is 0 Å². The summed E-state index contributed by atoms with van der Waals surface area (Å²) in [6.45, 7) is 1.80. The third-order valence-electron chi connectivity index (χ3n) is 2.88. The van der Waals surface area contributed by atoms with Crippen LogP contribution in [0.2, 0.25) is 0 Å². The normalized spacial score (nSPS) is 13.1. The average molecular weight is 355 g/mol. The molecule has 0 spiro atoms. The fraction of sp³-hybridized carbons (Fsp3) is 0.143. The van der Waals surface area contributed by atoms with E-state index >= 15 is 0 Å². The quantitative estimate of drug-likeness (QED) is 0.828. The zero-order chi connectivity index (χ0) is 14.8. The lowest BCUT2D eigenvalue weighted by Crippen LogP contribution is -2.27. The molecule has 0 aliphatic heterocycles. The summed E-state index contributed by atoms with van der Waals surface area (Å²) in [6.07, 6.45) is 0. The predicted molar refractivity (Wildman–Crippen MR) is 83.7 cm³/mol. The van der Waals surface area contributed by atoms with Crippen molar-refractivity contribution in [3.63, 3.8) is 0 Å². The van der Waals surface area contributed by atoms with Crippen LogP contribution in [0.25, 0.3) is 0 Å². The summed E-state index contributed by atoms with van der Waals surface area (Å²) >= 11 is 3.24. The molecule has 0 unspecified atom stereocenters. The molecule has 2 aromatic rings. The summed E-state index contributed by atoms with van der Waals surface area (Å²) < 4.78 is 27.9. The minimum absolute atomic E-state index is 0.139. The smallest absolute Gasteiger partial charge is 0.242 e. The molecule has 106 valence electrons. The van der Waals surface area contributed by atoms with Crippen molar-refractivity contribution in [3.8, 4) is 0 Å². The Labute approximate surface area is 127 Å². The van der Waals surface area contributed by atoms with Crippen molar-refractivity contribution < 1.29 is 8.42 Å². The molecule has 0 saturated heterocycles. The second kappa shape index (κ2) is 5.95. The van der Waals surface area contributed by atoms with Gasteiger partial charge in [-0.25, -0.2) is 13.1 Å². The van der Waals surface area contributed by atoms with Gasteiger partial charge in [0.25, 0.3) is 0 Å². The molecule has 0 fully saturated rings. The third-order valence-corrected chi connectivity index (χ3v) is 5.41. The molecule has 0 aromatic heterocycles. The van der Waals surface area contributed by atoms with Crippen molar-refractivity contribution in [3.05, 3.63) is 58.6 Å². The van der Waals surface area contributed by atoms with Crippen LogP contribution < -0.4 is 10.5 Å². The molecular formula is C14H15BrN2O2S. The van der Waals surface area contributed by atoms with Crippen LogP contribution in [0.4, 0.5) is 5.69 Å². The lowest BCUT2D eigenvalue weighted by molar-refractivity contribution is 0.566. The van der Waals surface area contributed by atoms with Crippen molar-refractivity contribution in [2.45, 2.75) is 17.9 Å². The van der Waals surface area contributed by atoms with Gasteiger partial charge in [0.05, 0.1) is 4.90 Å². The number of rotatable bonds is 4. The van der Waals surface area contributed by atoms with E-state index in [2.05, 4.69) is 20.7 Å². The summed E-state index contributed by atoms with van der Waals surface area (Å²) in [7, 11) is -3.64. The Morgan fingerprint density at radius 3 is 2.45 bits per heavy atom. The number of hydrogen-bond acceptors (Lipinski definition) is 3. The first-order chi connectivity index (χ1) is 9.40. The maximum absolute atomic E-state index is 12.4. The van der Waals surface area contributed by atoms with Gasteiger partial charge in [-0.15, -0.1) is 0 Å². The van der Waals surface area contributed by atoms with Gasteiger partial charge in [0, 0.05) is 16.2 Å². The average Bonchev–Trinajstić information content (AvgIpc) is 2.42. The summed E-state index contributed by atoms with van der Waals surface area (Å²) in [4.78, 5) is 0.139. The molecule has 0 saturated carbocycles. The van der Waals surface area contributed by atoms with Crippen LogP contribution in [-0.4, -0.2) is 8.42 Å². The standard InChI is InChI=1S/C14H15BrN2O2S/c1-10(11-5-3-2-4-6-11)17-20(18,19)14-9-12(16)7-8-13(14)15/h2-10,17H,16H2,1H3/t10-/m0/s1. The zero-order valence-corrected chi connectivity index (χ0v) is 13.3. The number of benzene rings is 2. The van der Waals surface area contributed by atoms with Crippen LogP contribution in [0, 0.1) is 0 Å². The lowest BCUT2D eigenvalue weighted by atomic mass is 10.1. The van der Waals surface area contributed by atoms with Gasteiger partial charge >= 0.3 is 0 Å². The van der Waals surface area contributed by atoms with Gasteiger partial charge in [0.2, 0.25) is 10.0 Å². The molecule has 0 aliphatic rings. The molecule has 2 aromatic carbocycles. The molecule has 4 nitrogen and oxygen atoms in total. The van der Waals surface area contributed by atoms with Crippen molar-refractivity contribution in [2.75, 3.05) is 5.73 Å². The van der Waals surface area contributed by atoms with Crippen LogP contribution in [0.1, 0.15) is 18.5 Å². The van der Waals surface area contributed by atoms with Crippen molar-refractivity contribution >= 4 is 31.6 Å². The summed E-state index contributed by atoms with van der Waals surface area (Å²) in [5, 5.41) is 0. The van der Waals surface area contributed by atoms with Crippen LogP contribution in [-0.2, 0) is 10.0 Å². The Balaban J connectivity index is 2.30. The summed E-state index contributed by atoms with van der Waals surface area (Å²) in [5.41, 5.74) is 6.96. The van der Waals surface area contributed by atoms with E-state index in [1.165, 1.54) is 6.07 Å². The minimum Gasteiger partial charge on any atom is -0.399 e. The van der Waals surface area contributed by atoms with Gasteiger partial charge in [-0.3, -0.25) is 0 Å². The Kier molecular flexibility index (Phi) is 4.47. The summed E-state index contributed by atoms with van der Waals surface area (Å²) in [5.74, 6) is 0. The Morgan fingerprint density at radius 1 is 1.15 bits per heavy atom. The predicted octanol–water partition coefficient (Wildman–Crippen LogP) is 3.07. The van der Waals surface area contributed by atoms with Crippen LogP contribution in [0.15, 0.2) is 57.9 Å². The highest BCUT2D eigenvalue weighted by molar-refractivity contribution is 9.10. The van der Waals surface area contributed by atoms with Crippen LogP contribution >= 0.6 is 15.9 Å². The molecule has 6 heteroatoms. The molecule has 0 radical (unpaired) electrons. The number of sulfonamides is 1. The SMILES string of the molecule is C[C@H](NS(=O)(=O)c1cc(N)ccc1Br)c1ccccc1. The zero-order valence-electron chi connectivity index (χ0n) is 10.9. The van der Waals surface area contributed by atoms with Gasteiger partial charge in [-0.05, 0) is 46.6 Å². The number of nitrogen functional groups attached to an aromatic ring is 1. The van der Waals surface area contributed by atoms with Gasteiger partial charge in [0.15, 0.2) is 0 Å². The fourth-order valence-corrected chi connectivity index (χ4v) is 4.06. The van der Waals surface area contributed by atoms with Crippen LogP contribution in [0.3, 0.4) is 0 Å². The van der Waals surface area contributed by atoms with Crippen molar-refractivity contribution in [1.82, 2.24) is 4.72 Å². The Hall–Kier alpha value is -1.37. The van der Waals surface area contributed by atoms with Crippen molar-refractivity contribution in [2.24, 2.45) is 0 Å². The lowest BCUT2D eigenvalue weighted by Gasteiger charge is -2.15. The van der Waals surface area contributed by atoms with E-state index in [4.69, 9.17) is 5.73 Å². The monoisotopic (exact) mass is 354 g/mol. The highest BCUT2D eigenvalue weighted by Crippen LogP contribution is 2.25. The Bertz CT molecular complexity index is 702. The highest BCUT2D eigenvalue weighted by Gasteiger charge is 2.21. The largest absolute Gasteiger partial charge is 0.399 e. The number of nitrogens with one attached hydrogen (secondary N) is 1. The number of halogens is 1. The molecule has 0 amide bonds. The van der Waals surface area contributed by atoms with Crippen molar-refractivity contribution in [1.29, 1.82) is 0 Å². The molecule has 0 heterocycles. The fourth-order valence-electron chi connectivity index (χ4n) is 1.83. The number of hydrogen-bond donors (Lipinski definition) is 2.